The third-order valence-electron chi connectivity index (χ3n) is 4.08. The maximum Gasteiger partial charge on any atom is 0.417 e. The number of hydrogen-bond donors (Lipinski definition) is 2. The first kappa shape index (κ1) is 24.1. The Labute approximate surface area is 153 Å². The lowest BCUT2D eigenvalue weighted by atomic mass is 9.85. The lowest BCUT2D eigenvalue weighted by Crippen LogP contribution is -2.27. The molecule has 0 amide bonds. The largest absolute Gasteiger partial charge is 0.481 e. The highest BCUT2D eigenvalue weighted by atomic mass is 19.4. The molecule has 0 bridgehead atoms. The first-order valence-electron chi connectivity index (χ1n) is 7.80. The van der Waals surface area contributed by atoms with Crippen LogP contribution in [0.3, 0.4) is 0 Å². The molecular formula is C16H16F9NO2. The maximum absolute atomic E-state index is 13.3. The molecule has 0 aliphatic heterocycles. The lowest BCUT2D eigenvalue weighted by molar-refractivity contribution is -0.164. The molecule has 1 aromatic rings. The van der Waals surface area contributed by atoms with Gasteiger partial charge in [0.05, 0.1) is 22.6 Å². The van der Waals surface area contributed by atoms with Crippen molar-refractivity contribution in [2.75, 3.05) is 6.54 Å². The summed E-state index contributed by atoms with van der Waals surface area (Å²) in [6.45, 7) is 0.715. The van der Waals surface area contributed by atoms with Crippen LogP contribution in [0.5, 0.6) is 0 Å². The van der Waals surface area contributed by atoms with Crippen LogP contribution in [0, 0.1) is 11.8 Å². The second kappa shape index (κ2) is 8.18. The molecule has 0 heterocycles. The fourth-order valence-electron chi connectivity index (χ4n) is 2.90. The highest BCUT2D eigenvalue weighted by molar-refractivity contribution is 5.70. The fraction of sp³-hybridized carbons (Fsp3) is 0.562. The smallest absolute Gasteiger partial charge is 0.417 e. The summed E-state index contributed by atoms with van der Waals surface area (Å²) in [6, 6.07) is -0.294. The quantitative estimate of drug-likeness (QED) is 0.633. The summed E-state index contributed by atoms with van der Waals surface area (Å²) < 4.78 is 119. The minimum atomic E-state index is -5.71. The Morgan fingerprint density at radius 2 is 1.43 bits per heavy atom. The van der Waals surface area contributed by atoms with Crippen molar-refractivity contribution in [3.63, 3.8) is 0 Å². The van der Waals surface area contributed by atoms with E-state index in [-0.39, 0.29) is 12.1 Å². The topological polar surface area (TPSA) is 63.3 Å². The molecule has 0 spiro atoms. The van der Waals surface area contributed by atoms with Gasteiger partial charge in [-0.05, 0) is 36.5 Å². The molecule has 2 unspecified atom stereocenters. The molecular weight excluding hydrogens is 409 g/mol. The molecule has 0 aromatic heterocycles. The number of halogens is 9. The van der Waals surface area contributed by atoms with Crippen molar-refractivity contribution in [2.45, 2.75) is 38.3 Å². The number of nitrogens with two attached hydrogens (primary N) is 1. The van der Waals surface area contributed by atoms with Crippen LogP contribution >= 0.6 is 0 Å². The van der Waals surface area contributed by atoms with Gasteiger partial charge in [-0.15, -0.1) is 0 Å². The highest BCUT2D eigenvalue weighted by Crippen LogP contribution is 2.46. The average Bonchev–Trinajstić information content (AvgIpc) is 2.48. The zero-order valence-electron chi connectivity index (χ0n) is 14.3. The van der Waals surface area contributed by atoms with Crippen molar-refractivity contribution in [2.24, 2.45) is 17.6 Å². The average molecular weight is 425 g/mol. The summed E-state index contributed by atoms with van der Waals surface area (Å²) >= 11 is 0. The Hall–Kier alpha value is -1.98. The molecule has 160 valence electrons. The summed E-state index contributed by atoms with van der Waals surface area (Å²) in [6.07, 6.45) is -18.0. The molecule has 12 heteroatoms. The zero-order valence-corrected chi connectivity index (χ0v) is 14.3. The van der Waals surface area contributed by atoms with Crippen molar-refractivity contribution in [1.29, 1.82) is 0 Å². The van der Waals surface area contributed by atoms with E-state index in [1.165, 1.54) is 0 Å². The Bertz CT molecular complexity index is 708. The first-order valence-corrected chi connectivity index (χ1v) is 7.80. The van der Waals surface area contributed by atoms with Gasteiger partial charge in [0.1, 0.15) is 0 Å². The molecule has 0 aliphatic rings. The van der Waals surface area contributed by atoms with Crippen molar-refractivity contribution >= 4 is 5.97 Å². The van der Waals surface area contributed by atoms with Gasteiger partial charge in [-0.3, -0.25) is 4.79 Å². The van der Waals surface area contributed by atoms with Crippen LogP contribution in [0.25, 0.3) is 0 Å². The first-order chi connectivity index (χ1) is 12.5. The third-order valence-corrected chi connectivity index (χ3v) is 4.08. The van der Waals surface area contributed by atoms with E-state index in [9.17, 15) is 44.3 Å². The number of alkyl halides is 9. The summed E-state index contributed by atoms with van der Waals surface area (Å²) in [5.41, 5.74) is -2.86. The van der Waals surface area contributed by atoms with Gasteiger partial charge in [-0.1, -0.05) is 6.92 Å². The molecule has 3 nitrogen and oxygen atoms in total. The molecule has 1 aromatic carbocycles. The monoisotopic (exact) mass is 425 g/mol. The van der Waals surface area contributed by atoms with Crippen molar-refractivity contribution in [1.82, 2.24) is 0 Å². The Morgan fingerprint density at radius 3 is 1.79 bits per heavy atom. The molecule has 0 fully saturated rings. The van der Waals surface area contributed by atoms with E-state index in [0.717, 1.165) is 6.92 Å². The normalized spacial score (nSPS) is 15.4. The summed E-state index contributed by atoms with van der Waals surface area (Å²) in [5, 5.41) is 8.92. The standard InChI is InChI=1S/C16H16F9NO2/c1-7(4-8(6-26)13(27)28)5-9-10(14(17,18)19)2-3-11(15(20,21)22)12(9)16(23,24)25/h2-3,7-8H,4-6,26H2,1H3,(H,27,28). The lowest BCUT2D eigenvalue weighted by Gasteiger charge is -2.25. The van der Waals surface area contributed by atoms with E-state index in [2.05, 4.69) is 0 Å². The minimum Gasteiger partial charge on any atom is -0.481 e. The summed E-state index contributed by atoms with van der Waals surface area (Å²) in [5.74, 6) is -3.79. The summed E-state index contributed by atoms with van der Waals surface area (Å²) in [4.78, 5) is 11.0. The maximum atomic E-state index is 13.3. The van der Waals surface area contributed by atoms with Gasteiger partial charge in [0, 0.05) is 6.54 Å². The predicted molar refractivity (Wildman–Crippen MR) is 79.1 cm³/mol. The van der Waals surface area contributed by atoms with Crippen LogP contribution in [0.1, 0.15) is 35.6 Å². The Morgan fingerprint density at radius 1 is 0.964 bits per heavy atom. The highest BCUT2D eigenvalue weighted by Gasteiger charge is 2.48. The molecule has 3 N–H and O–H groups in total. The summed E-state index contributed by atoms with van der Waals surface area (Å²) in [7, 11) is 0. The molecule has 0 radical (unpaired) electrons. The van der Waals surface area contributed by atoms with Gasteiger partial charge in [-0.25, -0.2) is 0 Å². The van der Waals surface area contributed by atoms with Gasteiger partial charge in [0.15, 0.2) is 0 Å². The van der Waals surface area contributed by atoms with Gasteiger partial charge in [0.2, 0.25) is 0 Å². The van der Waals surface area contributed by atoms with Crippen LogP contribution in [0.15, 0.2) is 12.1 Å². The molecule has 1 rings (SSSR count). The number of hydrogen-bond acceptors (Lipinski definition) is 2. The molecule has 2 atom stereocenters. The van der Waals surface area contributed by atoms with Crippen LogP contribution in [-0.4, -0.2) is 17.6 Å². The van der Waals surface area contributed by atoms with Crippen LogP contribution in [0.2, 0.25) is 0 Å². The van der Waals surface area contributed by atoms with Crippen LogP contribution in [-0.2, 0) is 29.7 Å². The van der Waals surface area contributed by atoms with Gasteiger partial charge >= 0.3 is 24.5 Å². The predicted octanol–water partition coefficient (Wildman–Crippen LogP) is 4.97. The molecule has 28 heavy (non-hydrogen) atoms. The Kier molecular flexibility index (Phi) is 7.02. The van der Waals surface area contributed by atoms with E-state index >= 15 is 0 Å². The number of benzene rings is 1. The zero-order chi connectivity index (χ0) is 22.1. The number of rotatable bonds is 6. The van der Waals surface area contributed by atoms with E-state index in [1.807, 2.05) is 0 Å². The molecule has 0 saturated heterocycles. The number of carbonyl (C=O) groups is 1. The molecule has 0 aliphatic carbocycles. The second-order valence-electron chi connectivity index (χ2n) is 6.32. The van der Waals surface area contributed by atoms with Crippen LogP contribution < -0.4 is 5.73 Å². The van der Waals surface area contributed by atoms with Crippen molar-refractivity contribution < 1.29 is 49.4 Å². The van der Waals surface area contributed by atoms with Gasteiger partial charge in [-0.2, -0.15) is 39.5 Å². The van der Waals surface area contributed by atoms with E-state index < -0.39 is 78.0 Å². The van der Waals surface area contributed by atoms with E-state index in [0.29, 0.717) is 0 Å². The van der Waals surface area contributed by atoms with Crippen molar-refractivity contribution in [3.05, 3.63) is 34.4 Å². The Balaban J connectivity index is 3.61. The SMILES string of the molecule is CC(Cc1c(C(F)(F)F)ccc(C(F)(F)F)c1C(F)(F)F)CC(CN)C(=O)O. The fourth-order valence-corrected chi connectivity index (χ4v) is 2.90. The second-order valence-corrected chi connectivity index (χ2v) is 6.32. The van der Waals surface area contributed by atoms with Gasteiger partial charge in [0.25, 0.3) is 0 Å². The minimum absolute atomic E-state index is 0.0439. The van der Waals surface area contributed by atoms with E-state index in [1.54, 1.807) is 0 Å². The number of carboxylic acids is 1. The van der Waals surface area contributed by atoms with Crippen molar-refractivity contribution in [3.8, 4) is 0 Å². The molecule has 0 saturated carbocycles. The number of aliphatic carboxylic acids is 1. The van der Waals surface area contributed by atoms with Gasteiger partial charge < -0.3 is 10.8 Å². The van der Waals surface area contributed by atoms with Crippen LogP contribution in [0.4, 0.5) is 39.5 Å². The third kappa shape index (κ3) is 5.76. The van der Waals surface area contributed by atoms with E-state index in [4.69, 9.17) is 10.8 Å². The number of carboxylic acid groups (broad SMARTS) is 1.